The lowest BCUT2D eigenvalue weighted by molar-refractivity contribution is 0.101. The van der Waals surface area contributed by atoms with Gasteiger partial charge in [-0.2, -0.15) is 0 Å². The highest BCUT2D eigenvalue weighted by atomic mass is 16.4. The van der Waals surface area contributed by atoms with Crippen molar-refractivity contribution in [3.8, 4) is 0 Å². The maximum atomic E-state index is 12.1. The minimum atomic E-state index is -0.324. The van der Waals surface area contributed by atoms with Crippen LogP contribution >= 0.6 is 0 Å². The van der Waals surface area contributed by atoms with Crippen LogP contribution in [0.15, 0.2) is 27.4 Å². The van der Waals surface area contributed by atoms with Crippen LogP contribution in [0.3, 0.4) is 0 Å². The Kier molecular flexibility index (Phi) is 3.22. The molecule has 1 aliphatic heterocycles. The van der Waals surface area contributed by atoms with Gasteiger partial charge in [0.05, 0.1) is 5.52 Å². The summed E-state index contributed by atoms with van der Waals surface area (Å²) in [5.74, 6) is -0.350. The van der Waals surface area contributed by atoms with Gasteiger partial charge in [0.25, 0.3) is 0 Å². The first-order valence-electron chi connectivity index (χ1n) is 6.91. The van der Waals surface area contributed by atoms with Crippen LogP contribution in [0.25, 0.3) is 11.1 Å². The highest BCUT2D eigenvalue weighted by molar-refractivity contribution is 5.96. The number of carbonyl (C=O) groups is 1. The summed E-state index contributed by atoms with van der Waals surface area (Å²) in [4.78, 5) is 25.7. The fraction of sp³-hybridized carbons (Fsp3) is 0.467. The second-order valence-electron chi connectivity index (χ2n) is 5.51. The third-order valence-electron chi connectivity index (χ3n) is 4.07. The van der Waals surface area contributed by atoms with E-state index in [4.69, 9.17) is 4.42 Å². The monoisotopic (exact) mass is 274 g/mol. The molecule has 0 radical (unpaired) electrons. The molecule has 5 nitrogen and oxygen atoms in total. The summed E-state index contributed by atoms with van der Waals surface area (Å²) in [6.45, 7) is 3.47. The van der Waals surface area contributed by atoms with Gasteiger partial charge in [0.2, 0.25) is 0 Å². The van der Waals surface area contributed by atoms with Crippen molar-refractivity contribution in [3.63, 3.8) is 0 Å². The Hall–Kier alpha value is -1.88. The number of benzene rings is 1. The van der Waals surface area contributed by atoms with E-state index in [1.165, 1.54) is 6.92 Å². The topological polar surface area (TPSA) is 55.5 Å². The molecule has 0 N–H and O–H groups in total. The Labute approximate surface area is 116 Å². The van der Waals surface area contributed by atoms with E-state index in [0.717, 1.165) is 31.4 Å². The Bertz CT molecular complexity index is 705. The highest BCUT2D eigenvalue weighted by Crippen LogP contribution is 2.25. The zero-order valence-corrected chi connectivity index (χ0v) is 11.8. The van der Waals surface area contributed by atoms with Gasteiger partial charge < -0.3 is 9.32 Å². The summed E-state index contributed by atoms with van der Waals surface area (Å²) in [7, 11) is 2.09. The van der Waals surface area contributed by atoms with Crippen molar-refractivity contribution < 1.29 is 9.21 Å². The predicted octanol–water partition coefficient (Wildman–Crippen LogP) is 2.06. The number of carbonyl (C=O) groups excluding carboxylic acids is 1. The predicted molar refractivity (Wildman–Crippen MR) is 76.2 cm³/mol. The molecule has 0 unspecified atom stereocenters. The Morgan fingerprint density at radius 1 is 1.30 bits per heavy atom. The first kappa shape index (κ1) is 13.1. The number of Topliss-reactive ketones (excluding diaryl/α,β-unsaturated/α-hetero) is 1. The molecule has 106 valence electrons. The zero-order valence-electron chi connectivity index (χ0n) is 11.8. The van der Waals surface area contributed by atoms with Crippen LogP contribution < -0.4 is 5.76 Å². The molecule has 1 aromatic heterocycles. The van der Waals surface area contributed by atoms with Crippen molar-refractivity contribution >= 4 is 16.9 Å². The normalized spacial score (nSPS) is 17.7. The molecule has 1 fully saturated rings. The van der Waals surface area contributed by atoms with Crippen LogP contribution in [0.2, 0.25) is 0 Å². The summed E-state index contributed by atoms with van der Waals surface area (Å²) < 4.78 is 7.05. The van der Waals surface area contributed by atoms with E-state index in [1.807, 2.05) is 6.07 Å². The van der Waals surface area contributed by atoms with Gasteiger partial charge >= 0.3 is 5.76 Å². The molecule has 1 aromatic carbocycles. The van der Waals surface area contributed by atoms with Crippen LogP contribution in [0, 0.1) is 0 Å². The molecule has 0 spiro atoms. The van der Waals surface area contributed by atoms with Gasteiger partial charge in [0.1, 0.15) is 0 Å². The first-order valence-corrected chi connectivity index (χ1v) is 6.91. The fourth-order valence-electron chi connectivity index (χ4n) is 2.85. The number of hydrogen-bond acceptors (Lipinski definition) is 4. The number of nitrogens with zero attached hydrogens (tertiary/aromatic N) is 2. The van der Waals surface area contributed by atoms with Crippen LogP contribution in [0.4, 0.5) is 0 Å². The number of likely N-dealkylation sites (tertiary alicyclic amines) is 1. The summed E-state index contributed by atoms with van der Waals surface area (Å²) in [6, 6.07) is 5.41. The second kappa shape index (κ2) is 4.90. The molecule has 0 aliphatic carbocycles. The van der Waals surface area contributed by atoms with E-state index in [0.29, 0.717) is 11.1 Å². The lowest BCUT2D eigenvalue weighted by Gasteiger charge is -2.29. The summed E-state index contributed by atoms with van der Waals surface area (Å²) in [5.41, 5.74) is 1.86. The van der Waals surface area contributed by atoms with Gasteiger partial charge in [-0.1, -0.05) is 0 Å². The molecule has 0 bridgehead atoms. The summed E-state index contributed by atoms with van der Waals surface area (Å²) in [6.07, 6.45) is 1.89. The average Bonchev–Trinajstić information content (AvgIpc) is 2.74. The Balaban J connectivity index is 2.05. The van der Waals surface area contributed by atoms with Gasteiger partial charge in [-0.25, -0.2) is 4.79 Å². The lowest BCUT2D eigenvalue weighted by Crippen LogP contribution is -2.34. The van der Waals surface area contributed by atoms with E-state index in [-0.39, 0.29) is 17.6 Å². The van der Waals surface area contributed by atoms with E-state index in [9.17, 15) is 9.59 Å². The van der Waals surface area contributed by atoms with Crippen molar-refractivity contribution in [1.29, 1.82) is 0 Å². The van der Waals surface area contributed by atoms with Crippen LogP contribution in [-0.4, -0.2) is 35.4 Å². The summed E-state index contributed by atoms with van der Waals surface area (Å²) >= 11 is 0. The maximum Gasteiger partial charge on any atom is 0.420 e. The molecule has 1 saturated heterocycles. The van der Waals surface area contributed by atoms with Gasteiger partial charge in [-0.3, -0.25) is 9.36 Å². The van der Waals surface area contributed by atoms with Gasteiger partial charge in [-0.05, 0) is 58.1 Å². The Morgan fingerprint density at radius 3 is 2.65 bits per heavy atom. The SMILES string of the molecule is CC(=O)c1ccc2c(c1)oc(=O)n2C1CCN(C)CC1. The van der Waals surface area contributed by atoms with E-state index < -0.39 is 0 Å². The first-order chi connectivity index (χ1) is 9.56. The van der Waals surface area contributed by atoms with Crippen molar-refractivity contribution in [3.05, 3.63) is 34.3 Å². The lowest BCUT2D eigenvalue weighted by atomic mass is 10.0. The molecular formula is C15H18N2O3. The van der Waals surface area contributed by atoms with Gasteiger partial charge in [0.15, 0.2) is 11.4 Å². The van der Waals surface area contributed by atoms with Crippen LogP contribution in [0.5, 0.6) is 0 Å². The highest BCUT2D eigenvalue weighted by Gasteiger charge is 2.23. The molecule has 3 rings (SSSR count). The average molecular weight is 274 g/mol. The molecule has 0 atom stereocenters. The molecular weight excluding hydrogens is 256 g/mol. The molecule has 20 heavy (non-hydrogen) atoms. The fourth-order valence-corrected chi connectivity index (χ4v) is 2.85. The number of fused-ring (bicyclic) bond motifs is 1. The van der Waals surface area contributed by atoms with Gasteiger partial charge in [0, 0.05) is 11.6 Å². The number of ketones is 1. The smallest absolute Gasteiger partial charge is 0.408 e. The quantitative estimate of drug-likeness (QED) is 0.787. The number of oxazole rings is 1. The van der Waals surface area contributed by atoms with Gasteiger partial charge in [-0.15, -0.1) is 0 Å². The largest absolute Gasteiger partial charge is 0.420 e. The maximum absolute atomic E-state index is 12.1. The van der Waals surface area contributed by atoms with Crippen molar-refractivity contribution in [2.75, 3.05) is 20.1 Å². The molecule has 0 amide bonds. The third kappa shape index (κ3) is 2.18. The molecule has 2 heterocycles. The van der Waals surface area contributed by atoms with E-state index in [1.54, 1.807) is 16.7 Å². The van der Waals surface area contributed by atoms with Crippen LogP contribution in [-0.2, 0) is 0 Å². The molecule has 0 saturated carbocycles. The van der Waals surface area contributed by atoms with Crippen molar-refractivity contribution in [2.45, 2.75) is 25.8 Å². The molecule has 5 heteroatoms. The van der Waals surface area contributed by atoms with E-state index in [2.05, 4.69) is 11.9 Å². The molecule has 2 aromatic rings. The van der Waals surface area contributed by atoms with Crippen molar-refractivity contribution in [1.82, 2.24) is 9.47 Å². The number of piperidine rings is 1. The van der Waals surface area contributed by atoms with E-state index >= 15 is 0 Å². The number of rotatable bonds is 2. The zero-order chi connectivity index (χ0) is 14.3. The number of aromatic nitrogens is 1. The van der Waals surface area contributed by atoms with Crippen molar-refractivity contribution in [2.24, 2.45) is 0 Å². The third-order valence-corrected chi connectivity index (χ3v) is 4.07. The Morgan fingerprint density at radius 2 is 2.00 bits per heavy atom. The molecule has 1 aliphatic rings. The number of hydrogen-bond donors (Lipinski definition) is 0. The minimum Gasteiger partial charge on any atom is -0.408 e. The summed E-state index contributed by atoms with van der Waals surface area (Å²) in [5, 5.41) is 0. The minimum absolute atomic E-state index is 0.0263. The second-order valence-corrected chi connectivity index (χ2v) is 5.51. The van der Waals surface area contributed by atoms with Crippen LogP contribution in [0.1, 0.15) is 36.2 Å². The standard InChI is InChI=1S/C15H18N2O3/c1-10(18)11-3-4-13-14(9-11)20-15(19)17(13)12-5-7-16(2)8-6-12/h3-4,9,12H,5-8H2,1-2H3.